The maximum absolute atomic E-state index is 13.7. The minimum Gasteiger partial charge on any atom is -0.454 e. The number of ether oxygens (including phenoxy) is 2. The predicted octanol–water partition coefficient (Wildman–Crippen LogP) is 5.44. The van der Waals surface area contributed by atoms with Crippen LogP contribution in [0.2, 0.25) is 0 Å². The molecule has 6 aromatic rings. The van der Waals surface area contributed by atoms with Gasteiger partial charge in [0.1, 0.15) is 11.2 Å². The second kappa shape index (κ2) is 8.64. The summed E-state index contributed by atoms with van der Waals surface area (Å²) in [6.07, 6.45) is 7.67. The van der Waals surface area contributed by atoms with Gasteiger partial charge in [-0.15, -0.1) is 0 Å². The highest BCUT2D eigenvalue weighted by molar-refractivity contribution is 6.14. The van der Waals surface area contributed by atoms with E-state index in [4.69, 9.17) is 13.9 Å². The second-order valence-electron chi connectivity index (χ2n) is 10.8. The first kappa shape index (κ1) is 23.2. The first-order valence-electron chi connectivity index (χ1n) is 13.7. The minimum atomic E-state index is -0.372. The van der Waals surface area contributed by atoms with Crippen LogP contribution in [0.4, 0.5) is 0 Å². The average molecular weight is 539 g/mol. The summed E-state index contributed by atoms with van der Waals surface area (Å²) in [7, 11) is 0. The van der Waals surface area contributed by atoms with Gasteiger partial charge in [-0.1, -0.05) is 32.1 Å². The molecule has 0 atom stereocenters. The van der Waals surface area contributed by atoms with Gasteiger partial charge in [-0.3, -0.25) is 24.2 Å². The van der Waals surface area contributed by atoms with Gasteiger partial charge in [-0.05, 0) is 37.1 Å². The molecule has 0 spiro atoms. The summed E-state index contributed by atoms with van der Waals surface area (Å²) in [5, 5.41) is 4.86. The summed E-state index contributed by atoms with van der Waals surface area (Å²) in [5.41, 5.74) is 2.38. The normalized spacial score (nSPS) is 16.3. The van der Waals surface area contributed by atoms with E-state index in [2.05, 4.69) is 15.1 Å². The molecule has 1 aliphatic carbocycles. The minimum absolute atomic E-state index is 0.114. The fourth-order valence-electron chi connectivity index (χ4n) is 6.42. The van der Waals surface area contributed by atoms with E-state index in [-0.39, 0.29) is 34.9 Å². The van der Waals surface area contributed by atoms with Crippen LogP contribution in [0.3, 0.4) is 0 Å². The van der Waals surface area contributed by atoms with Crippen LogP contribution >= 0.6 is 0 Å². The van der Waals surface area contributed by atoms with E-state index in [0.717, 1.165) is 31.1 Å². The molecule has 3 N–H and O–H groups in total. The third-order valence-corrected chi connectivity index (χ3v) is 8.36. The van der Waals surface area contributed by atoms with Crippen molar-refractivity contribution in [3.63, 3.8) is 0 Å². The molecule has 1 aliphatic heterocycles. The van der Waals surface area contributed by atoms with Gasteiger partial charge < -0.3 is 23.9 Å². The Balaban J connectivity index is 1.47. The molecule has 2 aliphatic rings. The van der Waals surface area contributed by atoms with Crippen LogP contribution in [0.5, 0.6) is 11.5 Å². The van der Waals surface area contributed by atoms with Crippen molar-refractivity contribution in [2.45, 2.75) is 51.0 Å². The number of furan rings is 1. The second-order valence-corrected chi connectivity index (χ2v) is 10.8. The number of nitrogens with one attached hydrogen (secondary N) is 3. The quantitative estimate of drug-likeness (QED) is 0.269. The Labute approximate surface area is 225 Å². The summed E-state index contributed by atoms with van der Waals surface area (Å²) in [6.45, 7) is 0.114. The van der Waals surface area contributed by atoms with Crippen LogP contribution in [-0.2, 0) is 0 Å². The number of rotatable bonds is 2. The lowest BCUT2D eigenvalue weighted by molar-refractivity contribution is 0.174. The third-order valence-electron chi connectivity index (χ3n) is 8.36. The van der Waals surface area contributed by atoms with E-state index in [0.29, 0.717) is 55.7 Å². The Morgan fingerprint density at radius 2 is 1.60 bits per heavy atom. The van der Waals surface area contributed by atoms with Gasteiger partial charge in [0.15, 0.2) is 22.5 Å². The van der Waals surface area contributed by atoms with Crippen molar-refractivity contribution in [3.8, 4) is 22.6 Å². The standard InChI is InChI=1S/C30H26N4O6/c35-17-8-9-18-21(12-17)40-27-24(19-10-15-11-22-23(39-14-38-22)13-20(15)31-29(19)36)25-28(32-26(18)27)34(33-30(25)37)16-6-4-2-1-3-5-7-16/h8-13,16,32H,1-7,14H2,(H,31,36)(H,33,37). The first-order chi connectivity index (χ1) is 19.5. The summed E-state index contributed by atoms with van der Waals surface area (Å²) in [5.74, 6) is 1.15. The highest BCUT2D eigenvalue weighted by Crippen LogP contribution is 2.40. The summed E-state index contributed by atoms with van der Waals surface area (Å²) < 4.78 is 19.2. The molecule has 1 fully saturated rings. The van der Waals surface area contributed by atoms with Crippen LogP contribution < -0.4 is 26.0 Å². The van der Waals surface area contributed by atoms with Crippen molar-refractivity contribution in [2.24, 2.45) is 0 Å². The summed E-state index contributed by atoms with van der Waals surface area (Å²) >= 11 is 0. The molecule has 0 amide bonds. The zero-order valence-electron chi connectivity index (χ0n) is 21.6. The van der Waals surface area contributed by atoms with Gasteiger partial charge in [0.05, 0.1) is 28.0 Å². The number of hydrogen-bond donors (Lipinski definition) is 3. The molecule has 10 heteroatoms. The highest BCUT2D eigenvalue weighted by Gasteiger charge is 2.26. The van der Waals surface area contributed by atoms with Gasteiger partial charge in [0.25, 0.3) is 11.1 Å². The number of benzene rings is 2. The zero-order chi connectivity index (χ0) is 27.0. The van der Waals surface area contributed by atoms with Crippen LogP contribution in [0.1, 0.15) is 51.0 Å². The maximum Gasteiger partial charge on any atom is 0.274 e. The Morgan fingerprint density at radius 1 is 0.825 bits per heavy atom. The Kier molecular flexibility index (Phi) is 5.01. The number of aromatic amines is 3. The fourth-order valence-corrected chi connectivity index (χ4v) is 6.42. The number of aromatic nitrogens is 4. The van der Waals surface area contributed by atoms with Crippen molar-refractivity contribution >= 4 is 44.0 Å². The van der Waals surface area contributed by atoms with Crippen molar-refractivity contribution < 1.29 is 13.9 Å². The molecular formula is C30H26N4O6. The van der Waals surface area contributed by atoms with Crippen LogP contribution in [0.25, 0.3) is 55.1 Å². The molecule has 202 valence electrons. The molecule has 10 nitrogen and oxygen atoms in total. The predicted molar refractivity (Wildman–Crippen MR) is 151 cm³/mol. The molecule has 0 bridgehead atoms. The van der Waals surface area contributed by atoms with E-state index in [9.17, 15) is 14.4 Å². The monoisotopic (exact) mass is 538 g/mol. The highest BCUT2D eigenvalue weighted by atomic mass is 16.7. The van der Waals surface area contributed by atoms with Gasteiger partial charge in [-0.2, -0.15) is 0 Å². The molecule has 40 heavy (non-hydrogen) atoms. The maximum atomic E-state index is 13.7. The number of pyridine rings is 2. The molecule has 2 aromatic carbocycles. The van der Waals surface area contributed by atoms with Crippen molar-refractivity contribution in [1.29, 1.82) is 0 Å². The largest absolute Gasteiger partial charge is 0.454 e. The smallest absolute Gasteiger partial charge is 0.274 e. The number of fused-ring (bicyclic) bond motifs is 6. The van der Waals surface area contributed by atoms with Crippen molar-refractivity contribution in [1.82, 2.24) is 19.7 Å². The molecule has 0 radical (unpaired) electrons. The molecule has 4 aromatic heterocycles. The fraction of sp³-hybridized carbons (Fsp3) is 0.300. The Bertz CT molecular complexity index is 2150. The summed E-state index contributed by atoms with van der Waals surface area (Å²) in [6, 6.07) is 10.0. The molecule has 1 saturated carbocycles. The third kappa shape index (κ3) is 3.45. The van der Waals surface area contributed by atoms with E-state index < -0.39 is 0 Å². The lowest BCUT2D eigenvalue weighted by atomic mass is 9.96. The molecule has 0 saturated heterocycles. The van der Waals surface area contributed by atoms with Gasteiger partial charge in [0, 0.05) is 28.5 Å². The van der Waals surface area contributed by atoms with Crippen LogP contribution in [-0.4, -0.2) is 26.5 Å². The average Bonchev–Trinajstić information content (AvgIpc) is 3.61. The lowest BCUT2D eigenvalue weighted by Gasteiger charge is -2.21. The van der Waals surface area contributed by atoms with Crippen LogP contribution in [0, 0.1) is 0 Å². The molecule has 8 rings (SSSR count). The van der Waals surface area contributed by atoms with Crippen molar-refractivity contribution in [3.05, 3.63) is 67.3 Å². The Hall–Kier alpha value is -4.73. The molecular weight excluding hydrogens is 512 g/mol. The molecule has 0 unspecified atom stereocenters. The Morgan fingerprint density at radius 3 is 2.42 bits per heavy atom. The van der Waals surface area contributed by atoms with Crippen LogP contribution in [0.15, 0.2) is 55.2 Å². The lowest BCUT2D eigenvalue weighted by Crippen LogP contribution is -2.15. The number of H-pyrrole nitrogens is 3. The number of nitrogens with zero attached hydrogens (tertiary/aromatic N) is 1. The topological polar surface area (TPSA) is 135 Å². The first-order valence-corrected chi connectivity index (χ1v) is 13.7. The number of hydrogen-bond acceptors (Lipinski definition) is 6. The van der Waals surface area contributed by atoms with Gasteiger partial charge >= 0.3 is 0 Å². The molecule has 5 heterocycles. The van der Waals surface area contributed by atoms with E-state index in [1.807, 2.05) is 10.7 Å². The SMILES string of the molecule is O=c1ccc2c(c1)oc1c(-c3cc4cc5c(cc4[nH]c3=O)OCO5)c3c(=O)[nH]n(C4CCCCCCC4)c3[nH]c12. The van der Waals surface area contributed by atoms with Gasteiger partial charge in [0.2, 0.25) is 6.79 Å². The van der Waals surface area contributed by atoms with Gasteiger partial charge in [-0.25, -0.2) is 0 Å². The van der Waals surface area contributed by atoms with E-state index in [1.165, 1.54) is 31.4 Å². The van der Waals surface area contributed by atoms with Crippen molar-refractivity contribution in [2.75, 3.05) is 6.79 Å². The van der Waals surface area contributed by atoms with E-state index >= 15 is 0 Å². The zero-order valence-corrected chi connectivity index (χ0v) is 21.6. The summed E-state index contributed by atoms with van der Waals surface area (Å²) in [4.78, 5) is 45.9. The van der Waals surface area contributed by atoms with E-state index in [1.54, 1.807) is 18.2 Å².